The molecule has 2 aromatic rings. The van der Waals surface area contributed by atoms with Crippen molar-refractivity contribution in [1.29, 1.82) is 0 Å². The molecule has 12 nitrogen and oxygen atoms in total. The minimum absolute atomic E-state index is 0.0241. The van der Waals surface area contributed by atoms with Gasteiger partial charge in [-0.15, -0.1) is 0 Å². The second kappa shape index (κ2) is 14.8. The summed E-state index contributed by atoms with van der Waals surface area (Å²) in [5, 5.41) is 55.5. The second-order valence-corrected chi connectivity index (χ2v) is 10.7. The van der Waals surface area contributed by atoms with Crippen molar-refractivity contribution in [2.45, 2.75) is 89.3 Å². The largest absolute Gasteiger partial charge is 0.475 e. The summed E-state index contributed by atoms with van der Waals surface area (Å²) in [6.07, 6.45) is -7.14. The van der Waals surface area contributed by atoms with Gasteiger partial charge in [0.25, 0.3) is 5.91 Å². The summed E-state index contributed by atoms with van der Waals surface area (Å²) in [4.78, 5) is 31.2. The average Bonchev–Trinajstić information content (AvgIpc) is 2.95. The molecule has 1 aromatic carbocycles. The van der Waals surface area contributed by atoms with Crippen molar-refractivity contribution in [3.8, 4) is 11.3 Å². The van der Waals surface area contributed by atoms with Crippen LogP contribution in [-0.4, -0.2) is 98.1 Å². The Morgan fingerprint density at radius 3 is 2.27 bits per heavy atom. The van der Waals surface area contributed by atoms with E-state index in [-0.39, 0.29) is 18.0 Å². The molecule has 1 aromatic heterocycles. The van der Waals surface area contributed by atoms with Gasteiger partial charge in [-0.3, -0.25) is 9.59 Å². The summed E-state index contributed by atoms with van der Waals surface area (Å²) in [7, 11) is -1.85. The summed E-state index contributed by atoms with van der Waals surface area (Å²) < 4.78 is 11.3. The van der Waals surface area contributed by atoms with Gasteiger partial charge < -0.3 is 45.5 Å². The van der Waals surface area contributed by atoms with Crippen molar-refractivity contribution < 1.29 is 44.4 Å². The van der Waals surface area contributed by atoms with Crippen molar-refractivity contribution in [3.63, 3.8) is 0 Å². The maximum Gasteiger partial charge on any atom is 0.475 e. The Bertz CT molecular complexity index is 1140. The van der Waals surface area contributed by atoms with Gasteiger partial charge in [-0.2, -0.15) is 0 Å². The van der Waals surface area contributed by atoms with Crippen LogP contribution in [0.4, 0.5) is 0 Å². The minimum atomic E-state index is -1.85. The lowest BCUT2D eigenvalue weighted by atomic mass is 9.75. The van der Waals surface area contributed by atoms with Crippen LogP contribution in [0.1, 0.15) is 51.0 Å². The summed E-state index contributed by atoms with van der Waals surface area (Å²) in [6, 6.07) is 12.7. The molecule has 0 aliphatic carbocycles. The van der Waals surface area contributed by atoms with E-state index < -0.39 is 67.7 Å². The van der Waals surface area contributed by atoms with Crippen LogP contribution in [0.15, 0.2) is 48.5 Å². The predicted octanol–water partition coefficient (Wildman–Crippen LogP) is 0.0126. The Morgan fingerprint density at radius 2 is 1.63 bits per heavy atom. The smallest absolute Gasteiger partial charge is 0.426 e. The first kappa shape index (κ1) is 32.6. The van der Waals surface area contributed by atoms with Gasteiger partial charge in [0.15, 0.2) is 6.29 Å². The Kier molecular flexibility index (Phi) is 11.8. The van der Waals surface area contributed by atoms with E-state index in [4.69, 9.17) is 9.47 Å². The van der Waals surface area contributed by atoms with Crippen LogP contribution in [-0.2, 0) is 14.3 Å². The zero-order chi connectivity index (χ0) is 30.3. The SMILES string of the molecule is CC(C)CC[C@H](NC(=O)[C@@H](NC(=O)c1cccc(-c2ccccc2)n1)C(C)O[C@@H]1O[C@@H](C)[C@@H](O)[C@@H](O)[C@@H]1O)B(O)O. The van der Waals surface area contributed by atoms with Crippen LogP contribution in [0.25, 0.3) is 11.3 Å². The third kappa shape index (κ3) is 8.79. The van der Waals surface area contributed by atoms with E-state index in [9.17, 15) is 35.0 Å². The number of aliphatic hydroxyl groups excluding tert-OH is 3. The van der Waals surface area contributed by atoms with E-state index in [1.54, 1.807) is 12.1 Å². The molecule has 1 fully saturated rings. The van der Waals surface area contributed by atoms with E-state index in [0.29, 0.717) is 12.1 Å². The van der Waals surface area contributed by atoms with Crippen molar-refractivity contribution in [2.75, 3.05) is 0 Å². The molecule has 3 rings (SSSR count). The fraction of sp³-hybridized carbons (Fsp3) is 0.536. The number of aromatic nitrogens is 1. The molecule has 2 heterocycles. The van der Waals surface area contributed by atoms with E-state index >= 15 is 0 Å². The Morgan fingerprint density at radius 1 is 0.951 bits per heavy atom. The van der Waals surface area contributed by atoms with Gasteiger partial charge in [0.05, 0.1) is 23.8 Å². The molecule has 8 atom stereocenters. The van der Waals surface area contributed by atoms with Gasteiger partial charge in [0.1, 0.15) is 30.0 Å². The highest BCUT2D eigenvalue weighted by molar-refractivity contribution is 6.43. The minimum Gasteiger partial charge on any atom is -0.426 e. The van der Waals surface area contributed by atoms with Gasteiger partial charge in [0, 0.05) is 5.56 Å². The molecule has 1 aliphatic rings. The number of nitrogens with zero attached hydrogens (tertiary/aromatic N) is 1. The van der Waals surface area contributed by atoms with Gasteiger partial charge in [-0.05, 0) is 44.7 Å². The summed E-state index contributed by atoms with van der Waals surface area (Å²) in [6.45, 7) is 6.86. The lowest BCUT2D eigenvalue weighted by Gasteiger charge is -2.40. The molecular formula is C28H40BN3O9. The number of amides is 2. The molecule has 0 spiro atoms. The number of hydrogen-bond donors (Lipinski definition) is 7. The molecule has 1 saturated heterocycles. The highest BCUT2D eigenvalue weighted by Gasteiger charge is 2.44. The lowest BCUT2D eigenvalue weighted by molar-refractivity contribution is -0.303. The number of carbonyl (C=O) groups excluding carboxylic acids is 2. The number of benzene rings is 1. The molecule has 41 heavy (non-hydrogen) atoms. The van der Waals surface area contributed by atoms with Crippen molar-refractivity contribution >= 4 is 18.9 Å². The average molecular weight is 573 g/mol. The van der Waals surface area contributed by atoms with Gasteiger partial charge in [-0.1, -0.05) is 50.2 Å². The zero-order valence-corrected chi connectivity index (χ0v) is 23.6. The number of ether oxygens (including phenoxy) is 2. The van der Waals surface area contributed by atoms with Gasteiger partial charge in [-0.25, -0.2) is 4.98 Å². The van der Waals surface area contributed by atoms with E-state index in [1.807, 2.05) is 44.2 Å². The van der Waals surface area contributed by atoms with Crippen LogP contribution >= 0.6 is 0 Å². The maximum atomic E-state index is 13.5. The molecule has 0 bridgehead atoms. The van der Waals surface area contributed by atoms with Crippen LogP contribution in [0.5, 0.6) is 0 Å². The molecule has 224 valence electrons. The first-order valence-electron chi connectivity index (χ1n) is 13.7. The van der Waals surface area contributed by atoms with Crippen molar-refractivity contribution in [1.82, 2.24) is 15.6 Å². The molecule has 0 saturated carbocycles. The predicted molar refractivity (Wildman–Crippen MR) is 150 cm³/mol. The third-order valence-corrected chi connectivity index (χ3v) is 6.99. The topological polar surface area (TPSA) is 191 Å². The quantitative estimate of drug-likeness (QED) is 0.170. The highest BCUT2D eigenvalue weighted by atomic mass is 16.7. The number of aliphatic hydroxyl groups is 3. The summed E-state index contributed by atoms with van der Waals surface area (Å²) >= 11 is 0. The first-order chi connectivity index (χ1) is 19.4. The highest BCUT2D eigenvalue weighted by Crippen LogP contribution is 2.24. The summed E-state index contributed by atoms with van der Waals surface area (Å²) in [5.41, 5.74) is 1.35. The first-order valence-corrected chi connectivity index (χ1v) is 13.7. The van der Waals surface area contributed by atoms with Gasteiger partial charge in [0.2, 0.25) is 5.91 Å². The second-order valence-electron chi connectivity index (χ2n) is 10.7. The fourth-order valence-corrected chi connectivity index (χ4v) is 4.44. The summed E-state index contributed by atoms with van der Waals surface area (Å²) in [5.74, 6) is -2.26. The van der Waals surface area contributed by atoms with Crippen LogP contribution in [0.3, 0.4) is 0 Å². The Hall–Kier alpha value is -2.91. The van der Waals surface area contributed by atoms with Gasteiger partial charge >= 0.3 is 7.12 Å². The molecule has 13 heteroatoms. The molecule has 7 N–H and O–H groups in total. The van der Waals surface area contributed by atoms with Crippen molar-refractivity contribution in [3.05, 3.63) is 54.2 Å². The van der Waals surface area contributed by atoms with Crippen LogP contribution in [0.2, 0.25) is 0 Å². The van der Waals surface area contributed by atoms with E-state index in [0.717, 1.165) is 5.56 Å². The Balaban J connectivity index is 1.84. The number of carbonyl (C=O) groups is 2. The monoisotopic (exact) mass is 573 g/mol. The normalized spacial score (nSPS) is 24.8. The number of rotatable bonds is 12. The molecule has 1 aliphatic heterocycles. The van der Waals surface area contributed by atoms with Crippen LogP contribution < -0.4 is 10.6 Å². The van der Waals surface area contributed by atoms with Crippen LogP contribution in [0, 0.1) is 5.92 Å². The van der Waals surface area contributed by atoms with E-state index in [1.165, 1.54) is 19.9 Å². The Labute approximate surface area is 239 Å². The number of nitrogens with one attached hydrogen (secondary N) is 2. The van der Waals surface area contributed by atoms with Crippen molar-refractivity contribution in [2.24, 2.45) is 5.92 Å². The van der Waals surface area contributed by atoms with E-state index in [2.05, 4.69) is 15.6 Å². The number of hydrogen-bond acceptors (Lipinski definition) is 10. The molecule has 0 radical (unpaired) electrons. The zero-order valence-electron chi connectivity index (χ0n) is 23.6. The standard InChI is InChI=1S/C28H40BN3O9/c1-15(2)13-14-21(29(38)39)31-27(37)22(16(3)40-28-25(35)24(34)23(33)17(4)41-28)32-26(36)20-12-8-11-19(30-20)18-9-6-5-7-10-18/h5-12,15-17,21-25,28,33-35,38-39H,13-14H2,1-4H3,(H,31,37)(H,32,36)/t16?,17-,21-,22-,23+,24+,25-,28+/m0/s1. The lowest BCUT2D eigenvalue weighted by Crippen LogP contribution is -2.61. The molecular weight excluding hydrogens is 533 g/mol. The fourth-order valence-electron chi connectivity index (χ4n) is 4.44. The molecule has 2 amide bonds. The molecule has 1 unspecified atom stereocenters. The third-order valence-electron chi connectivity index (χ3n) is 6.99. The maximum absolute atomic E-state index is 13.5. The number of pyridine rings is 1.